The highest BCUT2D eigenvalue weighted by molar-refractivity contribution is 5.78. The fraction of sp³-hybridized carbons (Fsp3) is 0.562. The maximum absolute atomic E-state index is 6.07. The zero-order chi connectivity index (χ0) is 14.7. The van der Waals surface area contributed by atoms with Crippen LogP contribution in [0.15, 0.2) is 18.2 Å². The van der Waals surface area contributed by atoms with E-state index in [4.69, 9.17) is 15.5 Å². The molecule has 1 aromatic carbocycles. The van der Waals surface area contributed by atoms with Crippen molar-refractivity contribution in [2.24, 2.45) is 11.7 Å². The van der Waals surface area contributed by atoms with Crippen LogP contribution < -0.4 is 10.5 Å². The molecule has 0 bridgehead atoms. The van der Waals surface area contributed by atoms with Crippen molar-refractivity contribution in [1.82, 2.24) is 9.55 Å². The van der Waals surface area contributed by atoms with E-state index in [0.717, 1.165) is 35.6 Å². The zero-order valence-corrected chi connectivity index (χ0v) is 12.9. The number of imidazole rings is 1. The van der Waals surface area contributed by atoms with Crippen molar-refractivity contribution >= 4 is 11.0 Å². The van der Waals surface area contributed by atoms with Gasteiger partial charge in [-0.25, -0.2) is 4.98 Å². The number of hydrogen-bond donors (Lipinski definition) is 1. The highest BCUT2D eigenvalue weighted by Crippen LogP contribution is 2.25. The van der Waals surface area contributed by atoms with Crippen molar-refractivity contribution in [3.63, 3.8) is 0 Å². The first kappa shape index (κ1) is 14.9. The molecule has 0 saturated heterocycles. The van der Waals surface area contributed by atoms with Crippen molar-refractivity contribution in [2.45, 2.75) is 46.7 Å². The van der Waals surface area contributed by atoms with Gasteiger partial charge in [0, 0.05) is 12.6 Å². The van der Waals surface area contributed by atoms with Crippen LogP contribution >= 0.6 is 0 Å². The van der Waals surface area contributed by atoms with Gasteiger partial charge < -0.3 is 15.0 Å². The maximum atomic E-state index is 6.07. The van der Waals surface area contributed by atoms with Crippen molar-refractivity contribution < 1.29 is 4.74 Å². The molecule has 1 heterocycles. The molecule has 0 aliphatic heterocycles. The van der Waals surface area contributed by atoms with Gasteiger partial charge in [0.2, 0.25) is 0 Å². The summed E-state index contributed by atoms with van der Waals surface area (Å²) in [6.45, 7) is 10.1. The van der Waals surface area contributed by atoms with Crippen LogP contribution in [0.2, 0.25) is 0 Å². The lowest BCUT2D eigenvalue weighted by molar-refractivity contribution is 0.340. The summed E-state index contributed by atoms with van der Waals surface area (Å²) in [5.41, 5.74) is 8.17. The molecule has 1 unspecified atom stereocenters. The van der Waals surface area contributed by atoms with Crippen LogP contribution in [-0.4, -0.2) is 16.2 Å². The van der Waals surface area contributed by atoms with Gasteiger partial charge in [-0.15, -0.1) is 0 Å². The zero-order valence-electron chi connectivity index (χ0n) is 12.9. The summed E-state index contributed by atoms with van der Waals surface area (Å²) in [5.74, 6) is 2.48. The first-order chi connectivity index (χ1) is 9.52. The minimum Gasteiger partial charge on any atom is -0.494 e. The summed E-state index contributed by atoms with van der Waals surface area (Å²) in [7, 11) is 0. The lowest BCUT2D eigenvalue weighted by atomic mass is 10.1. The third-order valence-corrected chi connectivity index (χ3v) is 3.40. The number of hydrogen-bond acceptors (Lipinski definition) is 3. The Morgan fingerprint density at radius 1 is 1.30 bits per heavy atom. The third kappa shape index (κ3) is 3.12. The fourth-order valence-electron chi connectivity index (χ4n) is 2.35. The molecule has 0 saturated carbocycles. The average molecular weight is 275 g/mol. The number of ether oxygens (including phenoxy) is 1. The highest BCUT2D eigenvalue weighted by Gasteiger charge is 2.14. The van der Waals surface area contributed by atoms with E-state index in [1.165, 1.54) is 0 Å². The molecular weight excluding hydrogens is 250 g/mol. The third-order valence-electron chi connectivity index (χ3n) is 3.40. The second-order valence-electron chi connectivity index (χ2n) is 5.68. The first-order valence-electron chi connectivity index (χ1n) is 7.41. The largest absolute Gasteiger partial charge is 0.494 e. The molecule has 20 heavy (non-hydrogen) atoms. The second kappa shape index (κ2) is 6.27. The summed E-state index contributed by atoms with van der Waals surface area (Å²) in [5, 5.41) is 0. The van der Waals surface area contributed by atoms with Gasteiger partial charge >= 0.3 is 0 Å². The van der Waals surface area contributed by atoms with Crippen LogP contribution in [0.5, 0.6) is 5.75 Å². The molecule has 0 amide bonds. The summed E-state index contributed by atoms with van der Waals surface area (Å²) < 4.78 is 7.79. The summed E-state index contributed by atoms with van der Waals surface area (Å²) in [6, 6.07) is 6.02. The maximum Gasteiger partial charge on any atom is 0.126 e. The molecule has 2 N–H and O–H groups in total. The van der Waals surface area contributed by atoms with E-state index in [1.54, 1.807) is 0 Å². The first-order valence-corrected chi connectivity index (χ1v) is 7.41. The van der Waals surface area contributed by atoms with Gasteiger partial charge in [-0.05, 0) is 38.3 Å². The van der Waals surface area contributed by atoms with Gasteiger partial charge in [0.1, 0.15) is 11.6 Å². The Morgan fingerprint density at radius 3 is 2.65 bits per heavy atom. The lowest BCUT2D eigenvalue weighted by Gasteiger charge is -2.13. The Kier molecular flexibility index (Phi) is 4.65. The van der Waals surface area contributed by atoms with Gasteiger partial charge in [0.05, 0.1) is 23.7 Å². The SMILES string of the molecule is CCOc1ccc2c(c1)nc(C(C)N)n2CCC(C)C. The number of nitrogens with two attached hydrogens (primary N) is 1. The molecule has 0 spiro atoms. The van der Waals surface area contributed by atoms with Gasteiger partial charge in [0.25, 0.3) is 0 Å². The number of aryl methyl sites for hydroxylation is 1. The Bertz CT molecular complexity index is 572. The van der Waals surface area contributed by atoms with Gasteiger partial charge in [0.15, 0.2) is 0 Å². The topological polar surface area (TPSA) is 53.1 Å². The van der Waals surface area contributed by atoms with E-state index in [1.807, 2.05) is 26.0 Å². The van der Waals surface area contributed by atoms with Crippen LogP contribution in [0.1, 0.15) is 46.0 Å². The highest BCUT2D eigenvalue weighted by atomic mass is 16.5. The monoisotopic (exact) mass is 275 g/mol. The van der Waals surface area contributed by atoms with Crippen molar-refractivity contribution in [3.05, 3.63) is 24.0 Å². The standard InChI is InChI=1S/C16H25N3O/c1-5-20-13-6-7-15-14(10-13)18-16(12(4)17)19(15)9-8-11(2)3/h6-7,10-12H,5,8-9,17H2,1-4H3. The van der Waals surface area contributed by atoms with E-state index < -0.39 is 0 Å². The van der Waals surface area contributed by atoms with Crippen molar-refractivity contribution in [3.8, 4) is 5.75 Å². The minimum absolute atomic E-state index is 0.0647. The van der Waals surface area contributed by atoms with Crippen LogP contribution in [-0.2, 0) is 6.54 Å². The lowest BCUT2D eigenvalue weighted by Crippen LogP contribution is -2.14. The number of rotatable bonds is 6. The van der Waals surface area contributed by atoms with Gasteiger partial charge in [-0.3, -0.25) is 0 Å². The van der Waals surface area contributed by atoms with E-state index in [9.17, 15) is 0 Å². The molecule has 4 nitrogen and oxygen atoms in total. The number of benzene rings is 1. The van der Waals surface area contributed by atoms with Crippen molar-refractivity contribution in [2.75, 3.05) is 6.61 Å². The molecule has 1 atom stereocenters. The van der Waals surface area contributed by atoms with Crippen LogP contribution in [0.4, 0.5) is 0 Å². The quantitative estimate of drug-likeness (QED) is 0.877. The van der Waals surface area contributed by atoms with E-state index in [-0.39, 0.29) is 6.04 Å². The van der Waals surface area contributed by atoms with Crippen LogP contribution in [0.25, 0.3) is 11.0 Å². The van der Waals surface area contributed by atoms with Gasteiger partial charge in [-0.2, -0.15) is 0 Å². The fourth-order valence-corrected chi connectivity index (χ4v) is 2.35. The Hall–Kier alpha value is -1.55. The number of fused-ring (bicyclic) bond motifs is 1. The van der Waals surface area contributed by atoms with E-state index >= 15 is 0 Å². The summed E-state index contributed by atoms with van der Waals surface area (Å²) in [4.78, 5) is 4.69. The molecule has 110 valence electrons. The molecular formula is C16H25N3O. The molecule has 1 aromatic heterocycles. The minimum atomic E-state index is -0.0647. The molecule has 4 heteroatoms. The predicted octanol–water partition coefficient (Wildman–Crippen LogP) is 3.50. The van der Waals surface area contributed by atoms with Crippen LogP contribution in [0.3, 0.4) is 0 Å². The Balaban J connectivity index is 2.43. The average Bonchev–Trinajstić information content (AvgIpc) is 2.74. The van der Waals surface area contributed by atoms with Crippen LogP contribution in [0, 0.1) is 5.92 Å². The molecule has 0 radical (unpaired) electrons. The Morgan fingerprint density at radius 2 is 2.05 bits per heavy atom. The molecule has 2 rings (SSSR count). The van der Waals surface area contributed by atoms with Gasteiger partial charge in [-0.1, -0.05) is 13.8 Å². The smallest absolute Gasteiger partial charge is 0.126 e. The van der Waals surface area contributed by atoms with Crippen molar-refractivity contribution in [1.29, 1.82) is 0 Å². The normalized spacial score (nSPS) is 13.1. The summed E-state index contributed by atoms with van der Waals surface area (Å²) >= 11 is 0. The summed E-state index contributed by atoms with van der Waals surface area (Å²) in [6.07, 6.45) is 1.12. The number of nitrogens with zero attached hydrogens (tertiary/aromatic N) is 2. The Labute approximate surface area is 120 Å². The number of aromatic nitrogens is 2. The van der Waals surface area contributed by atoms with E-state index in [0.29, 0.717) is 12.5 Å². The molecule has 2 aromatic rings. The molecule has 0 aliphatic rings. The molecule has 0 fully saturated rings. The molecule has 0 aliphatic carbocycles. The van der Waals surface area contributed by atoms with E-state index in [2.05, 4.69) is 24.5 Å². The predicted molar refractivity (Wildman–Crippen MR) is 83.0 cm³/mol. The second-order valence-corrected chi connectivity index (χ2v) is 5.68.